The summed E-state index contributed by atoms with van der Waals surface area (Å²) in [5.41, 5.74) is 6.48. The van der Waals surface area contributed by atoms with Gasteiger partial charge in [-0.3, -0.25) is 9.69 Å². The molecule has 1 aliphatic rings. The van der Waals surface area contributed by atoms with Crippen LogP contribution in [-0.2, 0) is 11.3 Å². The highest BCUT2D eigenvalue weighted by Crippen LogP contribution is 2.35. The predicted octanol–water partition coefficient (Wildman–Crippen LogP) is 1.90. The van der Waals surface area contributed by atoms with Crippen molar-refractivity contribution < 1.29 is 14.7 Å². The molecule has 4 N–H and O–H groups in total. The maximum atomic E-state index is 11.9. The third kappa shape index (κ3) is 4.47. The van der Waals surface area contributed by atoms with Crippen molar-refractivity contribution >= 4 is 12.0 Å². The Bertz CT molecular complexity index is 583. The number of likely N-dealkylation sites (tertiary alicyclic amines) is 1. The summed E-state index contributed by atoms with van der Waals surface area (Å²) in [6.07, 6.45) is -1.07. The Balaban J connectivity index is 2.19. The molecule has 1 aromatic carbocycles. The van der Waals surface area contributed by atoms with Gasteiger partial charge in [0, 0.05) is 31.6 Å². The van der Waals surface area contributed by atoms with E-state index < -0.39 is 6.09 Å². The summed E-state index contributed by atoms with van der Waals surface area (Å²) in [7, 11) is 0. The van der Waals surface area contributed by atoms with Crippen LogP contribution in [0.25, 0.3) is 0 Å². The zero-order valence-corrected chi connectivity index (χ0v) is 14.5. The first-order chi connectivity index (χ1) is 11.2. The molecular weight excluding hydrogens is 306 g/mol. The van der Waals surface area contributed by atoms with Gasteiger partial charge in [0.15, 0.2) is 0 Å². The minimum atomic E-state index is -1.07. The van der Waals surface area contributed by atoms with Gasteiger partial charge in [0.2, 0.25) is 5.91 Å². The Kier molecular flexibility index (Phi) is 5.49. The van der Waals surface area contributed by atoms with Gasteiger partial charge in [-0.2, -0.15) is 0 Å². The number of nitrogens with one attached hydrogen (secondary N) is 1. The highest BCUT2D eigenvalue weighted by atomic mass is 16.4. The maximum absolute atomic E-state index is 11.9. The van der Waals surface area contributed by atoms with Crippen molar-refractivity contribution in [3.05, 3.63) is 35.9 Å². The summed E-state index contributed by atoms with van der Waals surface area (Å²) in [5, 5.41) is 11.8. The Morgan fingerprint density at radius 1 is 1.29 bits per heavy atom. The molecule has 1 aromatic rings. The lowest BCUT2D eigenvalue weighted by atomic mass is 9.75. The second kappa shape index (κ2) is 7.21. The first kappa shape index (κ1) is 18.3. The molecule has 0 radical (unpaired) electrons. The van der Waals surface area contributed by atoms with Crippen LogP contribution in [0.4, 0.5) is 4.79 Å². The molecule has 0 aromatic heterocycles. The van der Waals surface area contributed by atoms with E-state index in [0.717, 1.165) is 6.54 Å². The van der Waals surface area contributed by atoms with Gasteiger partial charge >= 0.3 is 6.09 Å². The molecule has 3 atom stereocenters. The second-order valence-electron chi connectivity index (χ2n) is 7.65. The maximum Gasteiger partial charge on any atom is 0.404 e. The van der Waals surface area contributed by atoms with E-state index >= 15 is 0 Å². The lowest BCUT2D eigenvalue weighted by molar-refractivity contribution is -0.123. The molecule has 0 saturated carbocycles. The highest BCUT2D eigenvalue weighted by molar-refractivity contribution is 5.78. The van der Waals surface area contributed by atoms with Gasteiger partial charge in [0.05, 0.1) is 5.92 Å². The van der Waals surface area contributed by atoms with Gasteiger partial charge in [0.1, 0.15) is 0 Å². The zero-order valence-electron chi connectivity index (χ0n) is 14.5. The highest BCUT2D eigenvalue weighted by Gasteiger charge is 2.45. The number of nitrogens with two attached hydrogens (primary N) is 1. The average molecular weight is 333 g/mol. The summed E-state index contributed by atoms with van der Waals surface area (Å²) >= 11 is 0. The fourth-order valence-corrected chi connectivity index (χ4v) is 3.62. The van der Waals surface area contributed by atoms with E-state index in [9.17, 15) is 14.7 Å². The van der Waals surface area contributed by atoms with Crippen LogP contribution in [0.1, 0.15) is 26.3 Å². The van der Waals surface area contributed by atoms with Crippen molar-refractivity contribution in [1.29, 1.82) is 0 Å². The van der Waals surface area contributed by atoms with Crippen LogP contribution in [0.15, 0.2) is 30.3 Å². The summed E-state index contributed by atoms with van der Waals surface area (Å²) in [4.78, 5) is 25.3. The minimum absolute atomic E-state index is 0.137. The van der Waals surface area contributed by atoms with Crippen molar-refractivity contribution in [2.45, 2.75) is 33.4 Å². The van der Waals surface area contributed by atoms with Gasteiger partial charge in [-0.05, 0) is 11.0 Å². The standard InChI is InChI=1S/C18H27N3O3/c1-18(2,3)15(20-17(23)24)13-10-21(11-14(13)16(19)22)9-12-7-5-4-6-8-12/h4-8,13-15,20H,9-11H2,1-3H3,(H2,19,22)(H,23,24)/t13-,14-,15?/m0/s1. The number of carbonyl (C=O) groups is 2. The molecule has 2 amide bonds. The Labute approximate surface area is 143 Å². The summed E-state index contributed by atoms with van der Waals surface area (Å²) in [5.74, 6) is -0.857. The molecule has 0 bridgehead atoms. The number of amides is 2. The fourth-order valence-electron chi connectivity index (χ4n) is 3.62. The molecule has 6 nitrogen and oxygen atoms in total. The molecule has 0 spiro atoms. The lowest BCUT2D eigenvalue weighted by Crippen LogP contribution is -2.52. The van der Waals surface area contributed by atoms with Crippen LogP contribution in [0.2, 0.25) is 0 Å². The van der Waals surface area contributed by atoms with Crippen molar-refractivity contribution in [1.82, 2.24) is 10.2 Å². The van der Waals surface area contributed by atoms with Crippen molar-refractivity contribution in [2.75, 3.05) is 13.1 Å². The van der Waals surface area contributed by atoms with E-state index in [1.807, 2.05) is 51.1 Å². The summed E-state index contributed by atoms with van der Waals surface area (Å²) < 4.78 is 0. The summed E-state index contributed by atoms with van der Waals surface area (Å²) in [6, 6.07) is 9.69. The number of nitrogens with zero attached hydrogens (tertiary/aromatic N) is 1. The largest absolute Gasteiger partial charge is 0.465 e. The van der Waals surface area contributed by atoms with Crippen LogP contribution in [0.5, 0.6) is 0 Å². The molecule has 6 heteroatoms. The topological polar surface area (TPSA) is 95.7 Å². The van der Waals surface area contributed by atoms with E-state index in [1.165, 1.54) is 5.56 Å². The van der Waals surface area contributed by atoms with Crippen LogP contribution in [0, 0.1) is 17.3 Å². The first-order valence-electron chi connectivity index (χ1n) is 8.23. The number of hydrogen-bond acceptors (Lipinski definition) is 3. The minimum Gasteiger partial charge on any atom is -0.465 e. The molecule has 1 saturated heterocycles. The van der Waals surface area contributed by atoms with Gasteiger partial charge in [-0.25, -0.2) is 4.79 Å². The number of hydrogen-bond donors (Lipinski definition) is 3. The SMILES string of the molecule is CC(C)(C)C(NC(=O)O)[C@H]1CN(Cc2ccccc2)C[C@@H]1C(N)=O. The third-order valence-electron chi connectivity index (χ3n) is 4.70. The zero-order chi connectivity index (χ0) is 17.9. The molecule has 1 fully saturated rings. The molecule has 2 rings (SSSR count). The van der Waals surface area contributed by atoms with Crippen molar-refractivity contribution in [2.24, 2.45) is 23.0 Å². The van der Waals surface area contributed by atoms with Gasteiger partial charge in [-0.1, -0.05) is 51.1 Å². The van der Waals surface area contributed by atoms with Crippen molar-refractivity contribution in [3.8, 4) is 0 Å². The normalized spacial score (nSPS) is 23.0. The smallest absolute Gasteiger partial charge is 0.404 e. The van der Waals surface area contributed by atoms with E-state index in [-0.39, 0.29) is 29.2 Å². The molecule has 0 aliphatic carbocycles. The van der Waals surface area contributed by atoms with Crippen LogP contribution in [-0.4, -0.2) is 41.1 Å². The molecule has 1 aliphatic heterocycles. The van der Waals surface area contributed by atoms with Crippen molar-refractivity contribution in [3.63, 3.8) is 0 Å². The number of carbonyl (C=O) groups excluding carboxylic acids is 1. The van der Waals surface area contributed by atoms with E-state index in [2.05, 4.69) is 10.2 Å². The Hall–Kier alpha value is -2.08. The van der Waals surface area contributed by atoms with Crippen LogP contribution >= 0.6 is 0 Å². The summed E-state index contributed by atoms with van der Waals surface area (Å²) in [6.45, 7) is 7.86. The number of rotatable bonds is 5. The van der Waals surface area contributed by atoms with Crippen LogP contribution in [0.3, 0.4) is 0 Å². The molecule has 1 unspecified atom stereocenters. The quantitative estimate of drug-likeness (QED) is 0.767. The average Bonchev–Trinajstić information content (AvgIpc) is 2.88. The molecule has 132 valence electrons. The number of carboxylic acid groups (broad SMARTS) is 1. The van der Waals surface area contributed by atoms with E-state index in [0.29, 0.717) is 13.1 Å². The third-order valence-corrected chi connectivity index (χ3v) is 4.70. The van der Waals surface area contributed by atoms with Gasteiger partial charge in [-0.15, -0.1) is 0 Å². The number of primary amides is 1. The van der Waals surface area contributed by atoms with Crippen LogP contribution < -0.4 is 11.1 Å². The Morgan fingerprint density at radius 3 is 2.42 bits per heavy atom. The number of benzene rings is 1. The molecular formula is C18H27N3O3. The molecule has 1 heterocycles. The van der Waals surface area contributed by atoms with E-state index in [4.69, 9.17) is 5.73 Å². The predicted molar refractivity (Wildman–Crippen MR) is 92.3 cm³/mol. The van der Waals surface area contributed by atoms with Gasteiger partial charge < -0.3 is 16.2 Å². The van der Waals surface area contributed by atoms with E-state index in [1.54, 1.807) is 0 Å². The Morgan fingerprint density at radius 2 is 1.92 bits per heavy atom. The second-order valence-corrected chi connectivity index (χ2v) is 7.65. The monoisotopic (exact) mass is 333 g/mol. The fraction of sp³-hybridized carbons (Fsp3) is 0.556. The molecule has 24 heavy (non-hydrogen) atoms. The lowest BCUT2D eigenvalue weighted by Gasteiger charge is -2.37. The van der Waals surface area contributed by atoms with Gasteiger partial charge in [0.25, 0.3) is 0 Å². The first-order valence-corrected chi connectivity index (χ1v) is 8.23.